The summed E-state index contributed by atoms with van der Waals surface area (Å²) in [6.45, 7) is 1.23. The first-order valence-electron chi connectivity index (χ1n) is 6.54. The van der Waals surface area contributed by atoms with Crippen LogP contribution in [0.15, 0.2) is 11.4 Å². The van der Waals surface area contributed by atoms with Crippen LogP contribution >= 0.6 is 11.3 Å². The van der Waals surface area contributed by atoms with Crippen molar-refractivity contribution in [3.63, 3.8) is 0 Å². The van der Waals surface area contributed by atoms with Gasteiger partial charge in [-0.15, -0.1) is 11.3 Å². The maximum Gasteiger partial charge on any atom is 0.279 e. The van der Waals surface area contributed by atoms with Gasteiger partial charge in [0.2, 0.25) is 0 Å². The molecule has 1 aromatic rings. The number of hydrogen-bond acceptors (Lipinski definition) is 4. The molecule has 1 saturated heterocycles. The van der Waals surface area contributed by atoms with Crippen molar-refractivity contribution in [3.8, 4) is 11.8 Å². The van der Waals surface area contributed by atoms with Gasteiger partial charge in [-0.3, -0.25) is 0 Å². The van der Waals surface area contributed by atoms with E-state index in [4.69, 9.17) is 5.11 Å². The summed E-state index contributed by atoms with van der Waals surface area (Å²) in [6.07, 6.45) is 2.94. The van der Waals surface area contributed by atoms with Crippen molar-refractivity contribution < 1.29 is 13.5 Å². The van der Waals surface area contributed by atoms with Crippen LogP contribution in [0.25, 0.3) is 0 Å². The summed E-state index contributed by atoms with van der Waals surface area (Å²) in [6, 6.07) is 1.83. The van der Waals surface area contributed by atoms with Crippen molar-refractivity contribution in [2.24, 2.45) is 0 Å². The highest BCUT2D eigenvalue weighted by Crippen LogP contribution is 2.17. The first-order chi connectivity index (χ1) is 9.63. The lowest BCUT2D eigenvalue weighted by Crippen LogP contribution is -2.43. The molecular formula is C13H18N2O3S2. The van der Waals surface area contributed by atoms with Gasteiger partial charge in [0.15, 0.2) is 0 Å². The third kappa shape index (κ3) is 4.04. The summed E-state index contributed by atoms with van der Waals surface area (Å²) in [5.74, 6) is 5.40. The van der Waals surface area contributed by atoms with Crippen LogP contribution in [0.1, 0.15) is 29.7 Å². The zero-order chi connectivity index (χ0) is 14.4. The van der Waals surface area contributed by atoms with Crippen molar-refractivity contribution >= 4 is 21.5 Å². The number of hydrogen-bond donors (Lipinski definition) is 2. The quantitative estimate of drug-likeness (QED) is 0.812. The van der Waals surface area contributed by atoms with Crippen molar-refractivity contribution in [1.82, 2.24) is 9.03 Å². The molecule has 1 fully saturated rings. The fourth-order valence-corrected chi connectivity index (χ4v) is 4.19. The molecule has 0 saturated carbocycles. The zero-order valence-electron chi connectivity index (χ0n) is 11.1. The van der Waals surface area contributed by atoms with Gasteiger partial charge in [-0.05, 0) is 24.3 Å². The Kier molecular flexibility index (Phi) is 5.57. The van der Waals surface area contributed by atoms with Crippen LogP contribution < -0.4 is 4.72 Å². The highest BCUT2D eigenvalue weighted by Gasteiger charge is 2.23. The largest absolute Gasteiger partial charge is 0.384 e. The predicted molar refractivity (Wildman–Crippen MR) is 79.5 cm³/mol. The molecule has 0 bridgehead atoms. The highest BCUT2D eigenvalue weighted by molar-refractivity contribution is 7.87. The Morgan fingerprint density at radius 1 is 1.35 bits per heavy atom. The van der Waals surface area contributed by atoms with E-state index in [9.17, 15) is 8.42 Å². The van der Waals surface area contributed by atoms with Crippen molar-refractivity contribution in [2.45, 2.75) is 25.8 Å². The summed E-state index contributed by atoms with van der Waals surface area (Å²) in [5, 5.41) is 10.6. The number of piperidine rings is 1. The number of aliphatic hydroxyl groups excluding tert-OH is 1. The van der Waals surface area contributed by atoms with Crippen LogP contribution in [-0.4, -0.2) is 37.5 Å². The van der Waals surface area contributed by atoms with Crippen molar-refractivity contribution in [3.05, 3.63) is 21.9 Å². The molecule has 7 heteroatoms. The molecule has 110 valence electrons. The molecule has 1 aliphatic rings. The van der Waals surface area contributed by atoms with E-state index in [1.54, 1.807) is 0 Å². The number of nitrogens with zero attached hydrogens (tertiary/aromatic N) is 1. The first kappa shape index (κ1) is 15.5. The van der Waals surface area contributed by atoms with Gasteiger partial charge in [0.25, 0.3) is 10.2 Å². The second-order valence-electron chi connectivity index (χ2n) is 4.50. The molecular weight excluding hydrogens is 296 g/mol. The summed E-state index contributed by atoms with van der Waals surface area (Å²) in [4.78, 5) is 0.867. The van der Waals surface area contributed by atoms with Crippen LogP contribution in [0.2, 0.25) is 0 Å². The maximum absolute atomic E-state index is 12.1. The standard InChI is InChI=1S/C13H18N2O3S2/c16-9-4-5-12-6-10-19-13(12)11-14-20(17,18)15-7-2-1-3-8-15/h6,10,14,16H,1-3,7-9,11H2. The van der Waals surface area contributed by atoms with Gasteiger partial charge in [0.1, 0.15) is 6.61 Å². The smallest absolute Gasteiger partial charge is 0.279 e. The van der Waals surface area contributed by atoms with Gasteiger partial charge in [-0.1, -0.05) is 18.3 Å². The van der Waals surface area contributed by atoms with E-state index < -0.39 is 10.2 Å². The number of nitrogens with one attached hydrogen (secondary N) is 1. The minimum atomic E-state index is -3.40. The third-order valence-corrected chi connectivity index (χ3v) is 5.59. The van der Waals surface area contributed by atoms with E-state index in [0.717, 1.165) is 29.7 Å². The first-order valence-corrected chi connectivity index (χ1v) is 8.86. The van der Waals surface area contributed by atoms with Gasteiger partial charge in [0, 0.05) is 30.1 Å². The fourth-order valence-electron chi connectivity index (χ4n) is 2.08. The zero-order valence-corrected chi connectivity index (χ0v) is 12.8. The van der Waals surface area contributed by atoms with E-state index in [-0.39, 0.29) is 13.2 Å². The molecule has 2 heterocycles. The molecule has 0 aromatic carbocycles. The van der Waals surface area contributed by atoms with Crippen LogP contribution in [0, 0.1) is 11.8 Å². The Labute approximate surface area is 123 Å². The summed E-state index contributed by atoms with van der Waals surface area (Å²) in [5.41, 5.74) is 0.769. The molecule has 5 nitrogen and oxygen atoms in total. The molecule has 0 amide bonds. The lowest BCUT2D eigenvalue weighted by molar-refractivity contribution is 0.341. The molecule has 0 spiro atoms. The van der Waals surface area contributed by atoms with Gasteiger partial charge < -0.3 is 5.11 Å². The van der Waals surface area contributed by atoms with E-state index in [2.05, 4.69) is 16.6 Å². The predicted octanol–water partition coefficient (Wildman–Crippen LogP) is 0.912. The molecule has 1 aromatic heterocycles. The Balaban J connectivity index is 1.99. The SMILES string of the molecule is O=S(=O)(NCc1sccc1C#CCO)N1CCCCC1. The molecule has 0 atom stereocenters. The van der Waals surface area contributed by atoms with Crippen LogP contribution in [0.3, 0.4) is 0 Å². The Morgan fingerprint density at radius 3 is 2.80 bits per heavy atom. The molecule has 2 rings (SSSR count). The van der Waals surface area contributed by atoms with Gasteiger partial charge in [-0.25, -0.2) is 0 Å². The third-order valence-electron chi connectivity index (χ3n) is 3.12. The molecule has 0 radical (unpaired) electrons. The van der Waals surface area contributed by atoms with E-state index in [1.807, 2.05) is 11.4 Å². The lowest BCUT2D eigenvalue weighted by atomic mass is 10.2. The Morgan fingerprint density at radius 2 is 2.10 bits per heavy atom. The minimum absolute atomic E-state index is 0.200. The molecule has 0 aliphatic carbocycles. The van der Waals surface area contributed by atoms with Crippen molar-refractivity contribution in [1.29, 1.82) is 0 Å². The van der Waals surface area contributed by atoms with E-state index >= 15 is 0 Å². The summed E-state index contributed by atoms with van der Waals surface area (Å²) < 4.78 is 28.4. The minimum Gasteiger partial charge on any atom is -0.384 e. The second kappa shape index (κ2) is 7.20. The van der Waals surface area contributed by atoms with E-state index in [1.165, 1.54) is 15.6 Å². The van der Waals surface area contributed by atoms with Crippen LogP contribution in [0.4, 0.5) is 0 Å². The number of aliphatic hydroxyl groups is 1. The topological polar surface area (TPSA) is 69.6 Å². The maximum atomic E-state index is 12.1. The second-order valence-corrected chi connectivity index (χ2v) is 7.26. The van der Waals surface area contributed by atoms with Crippen LogP contribution in [0.5, 0.6) is 0 Å². The van der Waals surface area contributed by atoms with Crippen molar-refractivity contribution in [2.75, 3.05) is 19.7 Å². The average molecular weight is 314 g/mol. The number of thiophene rings is 1. The summed E-state index contributed by atoms with van der Waals surface area (Å²) in [7, 11) is -3.40. The Bertz CT molecular complexity index is 593. The highest BCUT2D eigenvalue weighted by atomic mass is 32.2. The normalized spacial score (nSPS) is 16.6. The van der Waals surface area contributed by atoms with Gasteiger partial charge in [-0.2, -0.15) is 17.4 Å². The summed E-state index contributed by atoms with van der Waals surface area (Å²) >= 11 is 1.46. The van der Waals surface area contributed by atoms with Gasteiger partial charge >= 0.3 is 0 Å². The molecule has 0 unspecified atom stereocenters. The average Bonchev–Trinajstić information content (AvgIpc) is 2.91. The molecule has 2 N–H and O–H groups in total. The molecule has 20 heavy (non-hydrogen) atoms. The van der Waals surface area contributed by atoms with Crippen LogP contribution in [-0.2, 0) is 16.8 Å². The fraction of sp³-hybridized carbons (Fsp3) is 0.538. The lowest BCUT2D eigenvalue weighted by Gasteiger charge is -2.25. The molecule has 1 aliphatic heterocycles. The van der Waals surface area contributed by atoms with Gasteiger partial charge in [0.05, 0.1) is 0 Å². The number of rotatable bonds is 4. The Hall–Kier alpha value is -0.910. The van der Waals surface area contributed by atoms with E-state index in [0.29, 0.717) is 13.1 Å². The monoisotopic (exact) mass is 314 g/mol.